The van der Waals surface area contributed by atoms with E-state index in [9.17, 15) is 10.1 Å². The lowest BCUT2D eigenvalue weighted by Crippen LogP contribution is -2.21. The molecule has 0 spiro atoms. The fraction of sp³-hybridized carbons (Fsp3) is 0.400. The maximum absolute atomic E-state index is 12.4. The lowest BCUT2D eigenvalue weighted by atomic mass is 10.00. The van der Waals surface area contributed by atoms with Crippen molar-refractivity contribution in [2.75, 3.05) is 12.8 Å². The highest BCUT2D eigenvalue weighted by molar-refractivity contribution is 8.13. The first-order chi connectivity index (χ1) is 9.65. The van der Waals surface area contributed by atoms with Gasteiger partial charge in [0.2, 0.25) is 0 Å². The molecule has 1 saturated carbocycles. The molecule has 5 heteroatoms. The van der Waals surface area contributed by atoms with Crippen molar-refractivity contribution in [1.82, 2.24) is 0 Å². The van der Waals surface area contributed by atoms with E-state index in [0.29, 0.717) is 21.5 Å². The number of benzene rings is 1. The number of nitriles is 1. The molecule has 1 fully saturated rings. The molecule has 1 aliphatic rings. The van der Waals surface area contributed by atoms with Crippen LogP contribution in [0.2, 0.25) is 5.02 Å². The van der Waals surface area contributed by atoms with Crippen molar-refractivity contribution in [2.45, 2.75) is 12.8 Å². The van der Waals surface area contributed by atoms with Crippen molar-refractivity contribution < 1.29 is 4.79 Å². The number of ketones is 1. The van der Waals surface area contributed by atoms with Gasteiger partial charge in [0.05, 0.1) is 11.1 Å². The molecule has 2 rings (SSSR count). The van der Waals surface area contributed by atoms with Gasteiger partial charge < -0.3 is 0 Å². The van der Waals surface area contributed by atoms with Crippen molar-refractivity contribution in [1.29, 1.82) is 5.26 Å². The van der Waals surface area contributed by atoms with E-state index in [4.69, 9.17) is 11.6 Å². The molecule has 0 heterocycles. The smallest absolute Gasteiger partial charge is 0.186 e. The molecular weight excluding hydrogens is 292 g/mol. The van der Waals surface area contributed by atoms with E-state index in [2.05, 4.69) is 11.1 Å². The summed E-state index contributed by atoms with van der Waals surface area (Å²) in [4.78, 5) is 16.8. The average Bonchev–Trinajstić information content (AvgIpc) is 3.27. The summed E-state index contributed by atoms with van der Waals surface area (Å²) in [6, 6.07) is 8.68. The van der Waals surface area contributed by atoms with Gasteiger partial charge >= 0.3 is 0 Å². The molecule has 0 aromatic heterocycles. The summed E-state index contributed by atoms with van der Waals surface area (Å²) in [6.45, 7) is 0.724. The van der Waals surface area contributed by atoms with Crippen LogP contribution in [0, 0.1) is 23.2 Å². The summed E-state index contributed by atoms with van der Waals surface area (Å²) in [5, 5.41) is 10.5. The second-order valence-corrected chi connectivity index (χ2v) is 6.02. The number of carbonyl (C=O) groups excluding carboxylic acids is 1. The molecule has 0 amide bonds. The quantitative estimate of drug-likeness (QED) is 0.472. The minimum atomic E-state index is -0.815. The number of aliphatic imine (C=N–C) groups is 1. The summed E-state index contributed by atoms with van der Waals surface area (Å²) in [5.74, 6) is -0.389. The zero-order valence-corrected chi connectivity index (χ0v) is 12.7. The van der Waals surface area contributed by atoms with Crippen molar-refractivity contribution >= 4 is 34.2 Å². The van der Waals surface area contributed by atoms with E-state index in [-0.39, 0.29) is 5.78 Å². The standard InChI is InChI=1S/C15H15ClN2OS/c1-20-15(18-9-10-2-3-10)13(8-17)14(19)11-4-6-12(16)7-5-11/h4-7,10,13H,2-3,9H2,1H3. The van der Waals surface area contributed by atoms with Gasteiger partial charge in [-0.25, -0.2) is 0 Å². The maximum Gasteiger partial charge on any atom is 0.186 e. The Morgan fingerprint density at radius 3 is 2.65 bits per heavy atom. The largest absolute Gasteiger partial charge is 0.292 e. The number of hydrogen-bond donors (Lipinski definition) is 0. The van der Waals surface area contributed by atoms with E-state index in [1.807, 2.05) is 6.26 Å². The van der Waals surface area contributed by atoms with Crippen molar-refractivity contribution in [3.63, 3.8) is 0 Å². The number of hydrogen-bond acceptors (Lipinski definition) is 4. The van der Waals surface area contributed by atoms with E-state index in [1.54, 1.807) is 24.3 Å². The number of nitrogens with zero attached hydrogens (tertiary/aromatic N) is 2. The van der Waals surface area contributed by atoms with E-state index in [1.165, 1.54) is 24.6 Å². The molecule has 0 aliphatic heterocycles. The molecule has 1 atom stereocenters. The van der Waals surface area contributed by atoms with Gasteiger partial charge in [0, 0.05) is 17.1 Å². The molecule has 1 aromatic rings. The summed E-state index contributed by atoms with van der Waals surface area (Å²) in [6.07, 6.45) is 4.26. The second kappa shape index (κ2) is 6.92. The van der Waals surface area contributed by atoms with Crippen LogP contribution < -0.4 is 0 Å². The first kappa shape index (κ1) is 15.1. The first-order valence-electron chi connectivity index (χ1n) is 6.43. The van der Waals surface area contributed by atoms with Gasteiger partial charge in [-0.1, -0.05) is 11.6 Å². The minimum absolute atomic E-state index is 0.215. The highest BCUT2D eigenvalue weighted by Crippen LogP contribution is 2.29. The number of rotatable bonds is 5. The number of carbonyl (C=O) groups is 1. The van der Waals surface area contributed by atoms with Crippen LogP contribution in [0.15, 0.2) is 29.3 Å². The highest BCUT2D eigenvalue weighted by atomic mass is 35.5. The summed E-state index contributed by atoms with van der Waals surface area (Å²) in [7, 11) is 0. The van der Waals surface area contributed by atoms with Gasteiger partial charge in [0.15, 0.2) is 11.7 Å². The zero-order chi connectivity index (χ0) is 14.5. The summed E-state index contributed by atoms with van der Waals surface area (Å²) < 4.78 is 0. The molecular formula is C15H15ClN2OS. The first-order valence-corrected chi connectivity index (χ1v) is 8.03. The zero-order valence-electron chi connectivity index (χ0n) is 11.2. The predicted octanol–water partition coefficient (Wildman–Crippen LogP) is 3.83. The third kappa shape index (κ3) is 3.84. The number of thioether (sulfide) groups is 1. The molecule has 0 saturated heterocycles. The fourth-order valence-electron chi connectivity index (χ4n) is 1.80. The molecule has 1 unspecified atom stereocenters. The molecule has 104 valence electrons. The summed E-state index contributed by atoms with van der Waals surface area (Å²) >= 11 is 7.19. The van der Waals surface area contributed by atoms with Gasteiger partial charge in [0.25, 0.3) is 0 Å². The van der Waals surface area contributed by atoms with Crippen LogP contribution in [0.25, 0.3) is 0 Å². The Hall–Kier alpha value is -1.31. The monoisotopic (exact) mass is 306 g/mol. The fourth-order valence-corrected chi connectivity index (χ4v) is 2.53. The van der Waals surface area contributed by atoms with E-state index in [0.717, 1.165) is 6.54 Å². The predicted molar refractivity (Wildman–Crippen MR) is 83.4 cm³/mol. The Balaban J connectivity index is 2.16. The van der Waals surface area contributed by atoms with E-state index >= 15 is 0 Å². The van der Waals surface area contributed by atoms with Gasteiger partial charge in [-0.3, -0.25) is 9.79 Å². The molecule has 0 radical (unpaired) electrons. The lowest BCUT2D eigenvalue weighted by Gasteiger charge is -2.10. The SMILES string of the molecule is CSC(=NCC1CC1)C(C#N)C(=O)c1ccc(Cl)cc1. The third-order valence-electron chi connectivity index (χ3n) is 3.18. The van der Waals surface area contributed by atoms with Crippen LogP contribution >= 0.6 is 23.4 Å². The van der Waals surface area contributed by atoms with Crippen molar-refractivity contribution in [3.8, 4) is 6.07 Å². The van der Waals surface area contributed by atoms with E-state index < -0.39 is 5.92 Å². The lowest BCUT2D eigenvalue weighted by molar-refractivity contribution is 0.0976. The maximum atomic E-state index is 12.4. The minimum Gasteiger partial charge on any atom is -0.292 e. The van der Waals surface area contributed by atoms with Crippen molar-refractivity contribution in [3.05, 3.63) is 34.9 Å². The van der Waals surface area contributed by atoms with Gasteiger partial charge in [0.1, 0.15) is 0 Å². The van der Waals surface area contributed by atoms with Crippen LogP contribution in [0.4, 0.5) is 0 Å². The van der Waals surface area contributed by atoms with Crippen LogP contribution in [0.5, 0.6) is 0 Å². The number of halogens is 1. The van der Waals surface area contributed by atoms with Crippen LogP contribution in [0.1, 0.15) is 23.2 Å². The Kier molecular flexibility index (Phi) is 5.22. The normalized spacial score (nSPS) is 16.6. The molecule has 3 nitrogen and oxygen atoms in total. The number of Topliss-reactive ketones (excluding diaryl/α,β-unsaturated/α-hetero) is 1. The molecule has 0 N–H and O–H groups in total. The molecule has 1 aliphatic carbocycles. The van der Waals surface area contributed by atoms with Crippen LogP contribution in [-0.4, -0.2) is 23.6 Å². The second-order valence-electron chi connectivity index (χ2n) is 4.76. The summed E-state index contributed by atoms with van der Waals surface area (Å²) in [5.41, 5.74) is 0.495. The average molecular weight is 307 g/mol. The highest BCUT2D eigenvalue weighted by Gasteiger charge is 2.26. The van der Waals surface area contributed by atoms with Crippen LogP contribution in [0.3, 0.4) is 0 Å². The van der Waals surface area contributed by atoms with Gasteiger partial charge in [-0.05, 0) is 49.3 Å². The Morgan fingerprint density at radius 2 is 2.15 bits per heavy atom. The van der Waals surface area contributed by atoms with Crippen molar-refractivity contribution in [2.24, 2.45) is 16.8 Å². The third-order valence-corrected chi connectivity index (χ3v) is 4.21. The molecule has 0 bridgehead atoms. The molecule has 20 heavy (non-hydrogen) atoms. The Bertz CT molecular complexity index is 558. The van der Waals surface area contributed by atoms with Gasteiger partial charge in [-0.2, -0.15) is 5.26 Å². The topological polar surface area (TPSA) is 53.2 Å². The van der Waals surface area contributed by atoms with Gasteiger partial charge in [-0.15, -0.1) is 11.8 Å². The Morgan fingerprint density at radius 1 is 1.50 bits per heavy atom. The van der Waals surface area contributed by atoms with Crippen LogP contribution in [-0.2, 0) is 0 Å². The Labute approximate surface area is 128 Å². The molecule has 1 aromatic carbocycles.